The number of rotatable bonds is 4. The average Bonchev–Trinajstić information content (AvgIpc) is 3.16. The lowest BCUT2D eigenvalue weighted by Gasteiger charge is -2.32. The van der Waals surface area contributed by atoms with Gasteiger partial charge >= 0.3 is 5.97 Å². The smallest absolute Gasteiger partial charge is 0.308 e. The maximum absolute atomic E-state index is 12.7. The fourth-order valence-corrected chi connectivity index (χ4v) is 3.56. The van der Waals surface area contributed by atoms with E-state index in [0.717, 1.165) is 31.1 Å². The Kier molecular flexibility index (Phi) is 5.16. The van der Waals surface area contributed by atoms with Crippen molar-refractivity contribution in [3.05, 3.63) is 53.6 Å². The molecule has 0 unspecified atom stereocenters. The predicted octanol–water partition coefficient (Wildman–Crippen LogP) is 0.882. The molecular weight excluding hydrogens is 360 g/mol. The summed E-state index contributed by atoms with van der Waals surface area (Å²) in [4.78, 5) is 27.0. The molecule has 0 spiro atoms. The van der Waals surface area contributed by atoms with Crippen LogP contribution in [-0.2, 0) is 11.3 Å². The van der Waals surface area contributed by atoms with E-state index < -0.39 is 0 Å². The second-order valence-electron chi connectivity index (χ2n) is 7.02. The van der Waals surface area contributed by atoms with Crippen LogP contribution in [0.3, 0.4) is 0 Å². The van der Waals surface area contributed by atoms with Crippen LogP contribution in [0.2, 0.25) is 0 Å². The summed E-state index contributed by atoms with van der Waals surface area (Å²) in [6.45, 7) is 5.75. The largest absolute Gasteiger partial charge is 0.454 e. The van der Waals surface area contributed by atoms with E-state index in [1.807, 2.05) is 17.0 Å². The van der Waals surface area contributed by atoms with Crippen molar-refractivity contribution in [1.82, 2.24) is 4.90 Å². The number of esters is 1. The van der Waals surface area contributed by atoms with Crippen molar-refractivity contribution in [2.75, 3.05) is 33.0 Å². The molecular formula is C21H23N2O5+. The molecule has 0 radical (unpaired) electrons. The SMILES string of the molecule is CC(=O)Oc1ccc(C(=O)N2CC[NH+](Cc3ccc4c(c3)OCO4)CC2)cc1. The van der Waals surface area contributed by atoms with Gasteiger partial charge in [-0.2, -0.15) is 0 Å². The van der Waals surface area contributed by atoms with Crippen molar-refractivity contribution in [2.24, 2.45) is 0 Å². The third-order valence-corrected chi connectivity index (χ3v) is 5.01. The molecule has 0 bridgehead atoms. The Bertz CT molecular complexity index is 873. The lowest BCUT2D eigenvalue weighted by atomic mass is 10.1. The molecule has 2 aliphatic rings. The first-order valence-corrected chi connectivity index (χ1v) is 9.38. The lowest BCUT2D eigenvalue weighted by Crippen LogP contribution is -3.13. The van der Waals surface area contributed by atoms with Gasteiger partial charge in [-0.15, -0.1) is 0 Å². The van der Waals surface area contributed by atoms with Crippen molar-refractivity contribution in [1.29, 1.82) is 0 Å². The number of carbonyl (C=O) groups excluding carboxylic acids is 2. The van der Waals surface area contributed by atoms with Crippen molar-refractivity contribution < 1.29 is 28.7 Å². The van der Waals surface area contributed by atoms with Gasteiger partial charge in [0.15, 0.2) is 11.5 Å². The predicted molar refractivity (Wildman–Crippen MR) is 101 cm³/mol. The van der Waals surface area contributed by atoms with Gasteiger partial charge in [0.25, 0.3) is 5.91 Å². The second-order valence-corrected chi connectivity index (χ2v) is 7.02. The number of amides is 1. The minimum atomic E-state index is -0.374. The molecule has 0 aromatic heterocycles. The van der Waals surface area contributed by atoms with E-state index >= 15 is 0 Å². The van der Waals surface area contributed by atoms with E-state index in [1.165, 1.54) is 17.4 Å². The van der Waals surface area contributed by atoms with E-state index in [-0.39, 0.29) is 18.7 Å². The summed E-state index contributed by atoms with van der Waals surface area (Å²) in [5.74, 6) is 1.69. The zero-order valence-electron chi connectivity index (χ0n) is 15.8. The summed E-state index contributed by atoms with van der Waals surface area (Å²) in [7, 11) is 0. The number of ether oxygens (including phenoxy) is 3. The first-order chi connectivity index (χ1) is 13.6. The zero-order valence-corrected chi connectivity index (χ0v) is 15.8. The van der Waals surface area contributed by atoms with Gasteiger partial charge in [0.05, 0.1) is 26.2 Å². The number of nitrogens with zero attached hydrogens (tertiary/aromatic N) is 1. The molecule has 28 heavy (non-hydrogen) atoms. The Morgan fingerprint density at radius 3 is 2.46 bits per heavy atom. The third-order valence-electron chi connectivity index (χ3n) is 5.01. The van der Waals surface area contributed by atoms with Gasteiger partial charge < -0.3 is 24.0 Å². The fraction of sp³-hybridized carbons (Fsp3) is 0.333. The highest BCUT2D eigenvalue weighted by Crippen LogP contribution is 2.32. The van der Waals surface area contributed by atoms with Crippen LogP contribution in [0.25, 0.3) is 0 Å². The molecule has 146 valence electrons. The quantitative estimate of drug-likeness (QED) is 0.627. The van der Waals surface area contributed by atoms with E-state index in [9.17, 15) is 9.59 Å². The number of quaternary nitrogens is 1. The number of hydrogen-bond acceptors (Lipinski definition) is 5. The summed E-state index contributed by atoms with van der Waals surface area (Å²) >= 11 is 0. The minimum absolute atomic E-state index is 0.0107. The summed E-state index contributed by atoms with van der Waals surface area (Å²) < 4.78 is 15.8. The summed E-state index contributed by atoms with van der Waals surface area (Å²) in [5, 5.41) is 0. The van der Waals surface area contributed by atoms with E-state index in [4.69, 9.17) is 14.2 Å². The lowest BCUT2D eigenvalue weighted by molar-refractivity contribution is -0.917. The van der Waals surface area contributed by atoms with Gasteiger partial charge in [0, 0.05) is 18.1 Å². The van der Waals surface area contributed by atoms with Crippen LogP contribution in [0.15, 0.2) is 42.5 Å². The molecule has 1 amide bonds. The van der Waals surface area contributed by atoms with Crippen LogP contribution in [0.5, 0.6) is 17.2 Å². The Labute approximate surface area is 163 Å². The second kappa shape index (κ2) is 7.90. The highest BCUT2D eigenvalue weighted by Gasteiger charge is 2.25. The van der Waals surface area contributed by atoms with Crippen molar-refractivity contribution >= 4 is 11.9 Å². The molecule has 0 aliphatic carbocycles. The fourth-order valence-electron chi connectivity index (χ4n) is 3.56. The van der Waals surface area contributed by atoms with E-state index in [0.29, 0.717) is 24.4 Å². The normalized spacial score (nSPS) is 16.1. The number of benzene rings is 2. The molecule has 2 heterocycles. The zero-order chi connectivity index (χ0) is 19.5. The molecule has 2 aromatic carbocycles. The first-order valence-electron chi connectivity index (χ1n) is 9.38. The molecule has 4 rings (SSSR count). The molecule has 2 aromatic rings. The van der Waals surface area contributed by atoms with Gasteiger partial charge in [-0.1, -0.05) is 0 Å². The van der Waals surface area contributed by atoms with Crippen LogP contribution in [-0.4, -0.2) is 49.7 Å². The first kappa shape index (κ1) is 18.3. The van der Waals surface area contributed by atoms with Crippen molar-refractivity contribution in [2.45, 2.75) is 13.5 Å². The van der Waals surface area contributed by atoms with Gasteiger partial charge in [-0.25, -0.2) is 0 Å². The van der Waals surface area contributed by atoms with Gasteiger partial charge in [0.2, 0.25) is 6.79 Å². The Balaban J connectivity index is 1.31. The van der Waals surface area contributed by atoms with Crippen molar-refractivity contribution in [3.63, 3.8) is 0 Å². The topological polar surface area (TPSA) is 69.5 Å². The Morgan fingerprint density at radius 1 is 1.04 bits per heavy atom. The molecule has 1 N–H and O–H groups in total. The number of piperazine rings is 1. The highest BCUT2D eigenvalue weighted by molar-refractivity contribution is 5.94. The summed E-state index contributed by atoms with van der Waals surface area (Å²) in [5.41, 5.74) is 1.82. The third kappa shape index (κ3) is 4.09. The highest BCUT2D eigenvalue weighted by atomic mass is 16.7. The molecule has 7 heteroatoms. The molecule has 1 fully saturated rings. The minimum Gasteiger partial charge on any atom is -0.454 e. The number of hydrogen-bond donors (Lipinski definition) is 1. The van der Waals surface area contributed by atoms with Gasteiger partial charge in [-0.3, -0.25) is 9.59 Å². The van der Waals surface area contributed by atoms with Gasteiger partial charge in [-0.05, 0) is 42.5 Å². The number of fused-ring (bicyclic) bond motifs is 1. The number of carbonyl (C=O) groups is 2. The Morgan fingerprint density at radius 2 is 1.75 bits per heavy atom. The molecule has 7 nitrogen and oxygen atoms in total. The molecule has 2 aliphatic heterocycles. The monoisotopic (exact) mass is 383 g/mol. The summed E-state index contributed by atoms with van der Waals surface area (Å²) in [6.07, 6.45) is 0. The Hall–Kier alpha value is -3.06. The van der Waals surface area contributed by atoms with Crippen molar-refractivity contribution in [3.8, 4) is 17.2 Å². The van der Waals surface area contributed by atoms with Crippen LogP contribution >= 0.6 is 0 Å². The van der Waals surface area contributed by atoms with Gasteiger partial charge in [0.1, 0.15) is 12.3 Å². The van der Waals surface area contributed by atoms with Crippen LogP contribution < -0.4 is 19.1 Å². The molecule has 0 saturated carbocycles. The van der Waals surface area contributed by atoms with E-state index in [1.54, 1.807) is 24.3 Å². The van der Waals surface area contributed by atoms with Crippen LogP contribution in [0.1, 0.15) is 22.8 Å². The van der Waals surface area contributed by atoms with E-state index in [2.05, 4.69) is 6.07 Å². The maximum Gasteiger partial charge on any atom is 0.308 e. The standard InChI is InChI=1S/C21H22N2O5/c1-15(24)28-18-5-3-17(4-6-18)21(25)23-10-8-22(9-11-23)13-16-2-7-19-20(12-16)27-14-26-19/h2-7,12H,8-11,13-14H2,1H3/p+1. The maximum atomic E-state index is 12.7. The summed E-state index contributed by atoms with van der Waals surface area (Å²) in [6, 6.07) is 12.8. The average molecular weight is 383 g/mol. The van der Waals surface area contributed by atoms with Crippen LogP contribution in [0, 0.1) is 0 Å². The number of nitrogens with one attached hydrogen (secondary N) is 1. The molecule has 0 atom stereocenters. The van der Waals surface area contributed by atoms with Crippen LogP contribution in [0.4, 0.5) is 0 Å². The molecule has 1 saturated heterocycles.